The molecule has 0 bridgehead atoms. The number of pyridine rings is 1. The number of anilines is 1. The van der Waals surface area contributed by atoms with E-state index in [-0.39, 0.29) is 5.56 Å². The van der Waals surface area contributed by atoms with E-state index in [0.717, 1.165) is 42.8 Å². The van der Waals surface area contributed by atoms with E-state index in [1.165, 1.54) is 0 Å². The predicted octanol–water partition coefficient (Wildman–Crippen LogP) is 2.28. The van der Waals surface area contributed by atoms with Gasteiger partial charge in [-0.05, 0) is 30.6 Å². The summed E-state index contributed by atoms with van der Waals surface area (Å²) in [6, 6.07) is 9.61. The molecule has 0 aliphatic carbocycles. The number of aromatic amines is 1. The molecule has 1 aromatic carbocycles. The second kappa shape index (κ2) is 6.38. The second-order valence-electron chi connectivity index (χ2n) is 4.55. The molecule has 0 aliphatic rings. The summed E-state index contributed by atoms with van der Waals surface area (Å²) in [7, 11) is 0. The van der Waals surface area contributed by atoms with Crippen molar-refractivity contribution in [2.75, 3.05) is 31.5 Å². The number of nitrogens with one attached hydrogen (secondary N) is 2. The van der Waals surface area contributed by atoms with Crippen molar-refractivity contribution in [2.45, 2.75) is 13.8 Å². The normalized spacial score (nSPS) is 11.1. The van der Waals surface area contributed by atoms with Crippen molar-refractivity contribution >= 4 is 16.6 Å². The first-order valence-electron chi connectivity index (χ1n) is 6.83. The van der Waals surface area contributed by atoms with Crippen molar-refractivity contribution in [2.24, 2.45) is 0 Å². The maximum atomic E-state index is 11.9. The molecule has 19 heavy (non-hydrogen) atoms. The van der Waals surface area contributed by atoms with Crippen molar-refractivity contribution in [1.29, 1.82) is 0 Å². The van der Waals surface area contributed by atoms with Gasteiger partial charge in [0.25, 0.3) is 5.56 Å². The third kappa shape index (κ3) is 3.35. The lowest BCUT2D eigenvalue weighted by atomic mass is 10.2. The van der Waals surface area contributed by atoms with Gasteiger partial charge in [-0.15, -0.1) is 0 Å². The van der Waals surface area contributed by atoms with Crippen LogP contribution in [0.5, 0.6) is 0 Å². The average molecular weight is 259 g/mol. The van der Waals surface area contributed by atoms with Gasteiger partial charge >= 0.3 is 0 Å². The number of hydrogen-bond donors (Lipinski definition) is 2. The Bertz CT molecular complexity index is 587. The number of aromatic nitrogens is 1. The Morgan fingerprint density at radius 3 is 2.68 bits per heavy atom. The van der Waals surface area contributed by atoms with Gasteiger partial charge in [0.15, 0.2) is 0 Å². The summed E-state index contributed by atoms with van der Waals surface area (Å²) >= 11 is 0. The lowest BCUT2D eigenvalue weighted by molar-refractivity contribution is 0.316. The molecule has 0 unspecified atom stereocenters. The molecule has 2 N–H and O–H groups in total. The highest BCUT2D eigenvalue weighted by molar-refractivity contribution is 5.83. The monoisotopic (exact) mass is 259 g/mol. The lowest BCUT2D eigenvalue weighted by Crippen LogP contribution is -2.29. The van der Waals surface area contributed by atoms with Crippen LogP contribution < -0.4 is 10.9 Å². The van der Waals surface area contributed by atoms with Gasteiger partial charge in [-0.25, -0.2) is 0 Å². The average Bonchev–Trinajstić information content (AvgIpc) is 2.44. The summed E-state index contributed by atoms with van der Waals surface area (Å²) in [5.41, 5.74) is -0.0385. The predicted molar refractivity (Wildman–Crippen MR) is 80.8 cm³/mol. The first-order valence-corrected chi connectivity index (χ1v) is 6.83. The van der Waals surface area contributed by atoms with E-state index in [1.807, 2.05) is 30.3 Å². The van der Waals surface area contributed by atoms with Gasteiger partial charge in [0, 0.05) is 18.5 Å². The van der Waals surface area contributed by atoms with Gasteiger partial charge in [0.1, 0.15) is 5.82 Å². The van der Waals surface area contributed by atoms with Gasteiger partial charge in [0.2, 0.25) is 0 Å². The molecule has 0 spiro atoms. The molecular weight excluding hydrogens is 238 g/mol. The first-order chi connectivity index (χ1) is 9.24. The Kier molecular flexibility index (Phi) is 4.58. The van der Waals surface area contributed by atoms with E-state index in [9.17, 15) is 4.79 Å². The Hall–Kier alpha value is -1.81. The smallest absolute Gasteiger partial charge is 0.257 e. The van der Waals surface area contributed by atoms with Gasteiger partial charge in [-0.1, -0.05) is 32.0 Å². The van der Waals surface area contributed by atoms with Crippen LogP contribution in [0.4, 0.5) is 5.82 Å². The number of fused-ring (bicyclic) bond motifs is 1. The van der Waals surface area contributed by atoms with Crippen molar-refractivity contribution in [3.05, 3.63) is 40.7 Å². The zero-order chi connectivity index (χ0) is 13.7. The maximum absolute atomic E-state index is 11.9. The van der Waals surface area contributed by atoms with Gasteiger partial charge in [-0.3, -0.25) is 4.79 Å². The number of rotatable bonds is 6. The highest BCUT2D eigenvalue weighted by Gasteiger charge is 2.02. The lowest BCUT2D eigenvalue weighted by Gasteiger charge is -2.18. The summed E-state index contributed by atoms with van der Waals surface area (Å²) in [5.74, 6) is 0.788. The Morgan fingerprint density at radius 1 is 1.21 bits per heavy atom. The van der Waals surface area contributed by atoms with Gasteiger partial charge in [0.05, 0.1) is 0 Å². The number of hydrogen-bond acceptors (Lipinski definition) is 3. The van der Waals surface area contributed by atoms with Crippen molar-refractivity contribution in [3.8, 4) is 0 Å². The van der Waals surface area contributed by atoms with Crippen LogP contribution in [-0.4, -0.2) is 36.1 Å². The van der Waals surface area contributed by atoms with Gasteiger partial charge < -0.3 is 15.2 Å². The molecule has 0 atom stereocenters. The molecule has 1 aromatic heterocycles. The van der Waals surface area contributed by atoms with Gasteiger partial charge in [-0.2, -0.15) is 0 Å². The number of nitrogens with zero attached hydrogens (tertiary/aromatic N) is 1. The SMILES string of the molecule is CCN(CC)CCNc1cc2ccccc2c(=O)[nH]1. The molecule has 0 saturated heterocycles. The number of benzene rings is 1. The minimum Gasteiger partial charge on any atom is -0.370 e. The minimum absolute atomic E-state index is 0.0385. The van der Waals surface area contributed by atoms with E-state index < -0.39 is 0 Å². The molecule has 0 saturated carbocycles. The molecule has 1 heterocycles. The van der Waals surface area contributed by atoms with Crippen molar-refractivity contribution < 1.29 is 0 Å². The van der Waals surface area contributed by atoms with Crippen LogP contribution in [0.25, 0.3) is 10.8 Å². The molecule has 0 fully saturated rings. The van der Waals surface area contributed by atoms with Crippen molar-refractivity contribution in [1.82, 2.24) is 9.88 Å². The third-order valence-corrected chi connectivity index (χ3v) is 3.39. The van der Waals surface area contributed by atoms with Crippen LogP contribution in [0.3, 0.4) is 0 Å². The van der Waals surface area contributed by atoms with E-state index >= 15 is 0 Å². The molecule has 0 aliphatic heterocycles. The third-order valence-electron chi connectivity index (χ3n) is 3.39. The molecule has 0 radical (unpaired) electrons. The second-order valence-corrected chi connectivity index (χ2v) is 4.55. The summed E-state index contributed by atoms with van der Waals surface area (Å²) < 4.78 is 0. The van der Waals surface area contributed by atoms with Crippen LogP contribution in [-0.2, 0) is 0 Å². The molecule has 0 amide bonds. The van der Waals surface area contributed by atoms with Crippen LogP contribution >= 0.6 is 0 Å². The highest BCUT2D eigenvalue weighted by atomic mass is 16.1. The fourth-order valence-electron chi connectivity index (χ4n) is 2.19. The van der Waals surface area contributed by atoms with E-state index in [0.29, 0.717) is 0 Å². The van der Waals surface area contributed by atoms with Crippen molar-refractivity contribution in [3.63, 3.8) is 0 Å². The Morgan fingerprint density at radius 2 is 1.95 bits per heavy atom. The first kappa shape index (κ1) is 13.6. The quantitative estimate of drug-likeness (QED) is 0.836. The van der Waals surface area contributed by atoms with E-state index in [1.54, 1.807) is 0 Å². The molecule has 2 aromatic rings. The highest BCUT2D eigenvalue weighted by Crippen LogP contribution is 2.12. The molecule has 102 valence electrons. The largest absolute Gasteiger partial charge is 0.370 e. The zero-order valence-corrected chi connectivity index (χ0v) is 11.6. The standard InChI is InChI=1S/C15H21N3O/c1-3-18(4-2)10-9-16-14-11-12-7-5-6-8-13(12)15(19)17-14/h5-8,11H,3-4,9-10H2,1-2H3,(H2,16,17,19). The summed E-state index contributed by atoms with van der Waals surface area (Å²) in [6.45, 7) is 8.21. The molecular formula is C15H21N3O. The summed E-state index contributed by atoms with van der Waals surface area (Å²) in [4.78, 5) is 17.1. The Balaban J connectivity index is 2.07. The topological polar surface area (TPSA) is 48.1 Å². The van der Waals surface area contributed by atoms with Crippen LogP contribution in [0.2, 0.25) is 0 Å². The maximum Gasteiger partial charge on any atom is 0.257 e. The molecule has 4 heteroatoms. The fraction of sp³-hybridized carbons (Fsp3) is 0.400. The van der Waals surface area contributed by atoms with Crippen LogP contribution in [0.1, 0.15) is 13.8 Å². The fourth-order valence-corrected chi connectivity index (χ4v) is 2.19. The Labute approximate surface area is 113 Å². The summed E-state index contributed by atoms with van der Waals surface area (Å²) in [5, 5.41) is 4.98. The van der Waals surface area contributed by atoms with E-state index in [2.05, 4.69) is 29.0 Å². The summed E-state index contributed by atoms with van der Waals surface area (Å²) in [6.07, 6.45) is 0. The number of H-pyrrole nitrogens is 1. The van der Waals surface area contributed by atoms with E-state index in [4.69, 9.17) is 0 Å². The zero-order valence-electron chi connectivity index (χ0n) is 11.6. The molecule has 4 nitrogen and oxygen atoms in total. The number of likely N-dealkylation sites (N-methyl/N-ethyl adjacent to an activating group) is 1. The molecule has 2 rings (SSSR count). The van der Waals surface area contributed by atoms with Crippen LogP contribution in [0.15, 0.2) is 35.1 Å². The minimum atomic E-state index is -0.0385. The van der Waals surface area contributed by atoms with Crippen LogP contribution in [0, 0.1) is 0 Å².